The third-order valence-electron chi connectivity index (χ3n) is 4.12. The lowest BCUT2D eigenvalue weighted by Crippen LogP contribution is -2.33. The van der Waals surface area contributed by atoms with E-state index in [9.17, 15) is 9.18 Å². The summed E-state index contributed by atoms with van der Waals surface area (Å²) in [6.07, 6.45) is 6.46. The standard InChI is InChI=1S/C12H23NO2.C7H7F/c1-3-5-10-6-4-7-11(13)12(14)15-9(2)8-10;1-6-2-4-7(8)5-3-6/h9-11H,3-8,13H2,1-2H3;2-5H,1H3/t9?,10?,11-;/m0./s1. The highest BCUT2D eigenvalue weighted by Crippen LogP contribution is 2.24. The summed E-state index contributed by atoms with van der Waals surface area (Å²) in [6, 6.07) is 5.99. The van der Waals surface area contributed by atoms with E-state index in [1.807, 2.05) is 13.8 Å². The molecule has 1 fully saturated rings. The highest BCUT2D eigenvalue weighted by atomic mass is 19.1. The van der Waals surface area contributed by atoms with E-state index in [4.69, 9.17) is 10.5 Å². The largest absolute Gasteiger partial charge is 0.462 e. The van der Waals surface area contributed by atoms with E-state index in [1.54, 1.807) is 12.1 Å². The first-order valence-electron chi connectivity index (χ1n) is 8.60. The molecule has 0 spiro atoms. The Hall–Kier alpha value is -1.42. The molecule has 2 rings (SSSR count). The Labute approximate surface area is 139 Å². The molecular weight excluding hydrogens is 293 g/mol. The fraction of sp³-hybridized carbons (Fsp3) is 0.632. The molecule has 3 atom stereocenters. The normalized spacial score (nSPS) is 25.3. The maximum atomic E-state index is 12.1. The molecule has 2 N–H and O–H groups in total. The van der Waals surface area contributed by atoms with Gasteiger partial charge in [0.1, 0.15) is 11.9 Å². The van der Waals surface area contributed by atoms with Gasteiger partial charge in [-0.25, -0.2) is 4.39 Å². The molecule has 1 aromatic carbocycles. The molecule has 1 heterocycles. The van der Waals surface area contributed by atoms with Crippen molar-refractivity contribution in [2.75, 3.05) is 0 Å². The molecule has 1 aliphatic heterocycles. The van der Waals surface area contributed by atoms with Gasteiger partial charge >= 0.3 is 5.97 Å². The Kier molecular flexibility index (Phi) is 8.85. The molecule has 0 saturated carbocycles. The first-order chi connectivity index (χ1) is 10.9. The predicted octanol–water partition coefficient (Wildman–Crippen LogP) is 4.37. The Morgan fingerprint density at radius 1 is 1.26 bits per heavy atom. The highest BCUT2D eigenvalue weighted by molar-refractivity contribution is 5.75. The average Bonchev–Trinajstić information content (AvgIpc) is 2.55. The zero-order valence-corrected chi connectivity index (χ0v) is 14.6. The highest BCUT2D eigenvalue weighted by Gasteiger charge is 2.23. The summed E-state index contributed by atoms with van der Waals surface area (Å²) in [5.41, 5.74) is 6.81. The molecule has 0 aliphatic carbocycles. The zero-order valence-electron chi connectivity index (χ0n) is 14.6. The van der Waals surface area contributed by atoms with Crippen molar-refractivity contribution in [2.45, 2.75) is 71.4 Å². The van der Waals surface area contributed by atoms with Gasteiger partial charge in [0.05, 0.1) is 6.10 Å². The second-order valence-corrected chi connectivity index (χ2v) is 6.47. The number of ether oxygens (including phenoxy) is 1. The molecule has 1 aromatic rings. The van der Waals surface area contributed by atoms with E-state index in [0.717, 1.165) is 24.8 Å². The van der Waals surface area contributed by atoms with E-state index in [2.05, 4.69) is 6.92 Å². The molecule has 0 aromatic heterocycles. The molecule has 130 valence electrons. The smallest absolute Gasteiger partial charge is 0.323 e. The van der Waals surface area contributed by atoms with E-state index >= 15 is 0 Å². The van der Waals surface area contributed by atoms with E-state index in [1.165, 1.54) is 31.4 Å². The van der Waals surface area contributed by atoms with Crippen LogP contribution in [0, 0.1) is 18.7 Å². The SMILES string of the molecule is CCCC1CCC[C@H](N)C(=O)OC(C)C1.Cc1ccc(F)cc1. The third kappa shape index (κ3) is 8.12. The van der Waals surface area contributed by atoms with Crippen molar-refractivity contribution in [3.05, 3.63) is 35.6 Å². The van der Waals surface area contributed by atoms with Crippen molar-refractivity contribution < 1.29 is 13.9 Å². The lowest BCUT2D eigenvalue weighted by molar-refractivity contribution is -0.150. The molecule has 2 unspecified atom stereocenters. The van der Waals surface area contributed by atoms with Crippen molar-refractivity contribution in [2.24, 2.45) is 11.7 Å². The van der Waals surface area contributed by atoms with Crippen LogP contribution < -0.4 is 5.73 Å². The number of nitrogens with two attached hydrogens (primary N) is 1. The lowest BCUT2D eigenvalue weighted by atomic mass is 9.91. The lowest BCUT2D eigenvalue weighted by Gasteiger charge is -2.19. The summed E-state index contributed by atoms with van der Waals surface area (Å²) in [5, 5.41) is 0. The zero-order chi connectivity index (χ0) is 17.2. The number of halogens is 1. The van der Waals surface area contributed by atoms with Crippen LogP contribution in [0.3, 0.4) is 0 Å². The van der Waals surface area contributed by atoms with Crippen LogP contribution in [0.2, 0.25) is 0 Å². The minimum Gasteiger partial charge on any atom is -0.462 e. The summed E-state index contributed by atoms with van der Waals surface area (Å²) >= 11 is 0. The van der Waals surface area contributed by atoms with Gasteiger partial charge in [-0.05, 0) is 44.7 Å². The van der Waals surface area contributed by atoms with E-state index in [-0.39, 0.29) is 17.9 Å². The topological polar surface area (TPSA) is 52.3 Å². The van der Waals surface area contributed by atoms with Crippen LogP contribution in [0.5, 0.6) is 0 Å². The van der Waals surface area contributed by atoms with Gasteiger partial charge in [-0.2, -0.15) is 0 Å². The van der Waals surface area contributed by atoms with Gasteiger partial charge in [0.25, 0.3) is 0 Å². The van der Waals surface area contributed by atoms with Crippen LogP contribution in [-0.4, -0.2) is 18.1 Å². The van der Waals surface area contributed by atoms with Crippen LogP contribution >= 0.6 is 0 Å². The molecule has 3 nitrogen and oxygen atoms in total. The second kappa shape index (κ2) is 10.4. The van der Waals surface area contributed by atoms with Gasteiger partial charge in [-0.15, -0.1) is 0 Å². The number of cyclic esters (lactones) is 1. The molecule has 0 amide bonds. The van der Waals surface area contributed by atoms with Crippen molar-refractivity contribution in [3.8, 4) is 0 Å². The molecular formula is C19H30FNO2. The number of carbonyl (C=O) groups is 1. The maximum Gasteiger partial charge on any atom is 0.323 e. The molecule has 1 aliphatic rings. The fourth-order valence-corrected chi connectivity index (χ4v) is 2.87. The maximum absolute atomic E-state index is 12.1. The van der Waals surface area contributed by atoms with E-state index in [0.29, 0.717) is 5.92 Å². The van der Waals surface area contributed by atoms with Gasteiger partial charge in [0.15, 0.2) is 0 Å². The number of hydrogen-bond acceptors (Lipinski definition) is 3. The Balaban J connectivity index is 0.000000277. The Morgan fingerprint density at radius 3 is 2.48 bits per heavy atom. The van der Waals surface area contributed by atoms with E-state index < -0.39 is 6.04 Å². The van der Waals surface area contributed by atoms with Crippen molar-refractivity contribution in [1.82, 2.24) is 0 Å². The van der Waals surface area contributed by atoms with Crippen LogP contribution in [0.25, 0.3) is 0 Å². The van der Waals surface area contributed by atoms with Crippen LogP contribution in [0.15, 0.2) is 24.3 Å². The molecule has 0 radical (unpaired) electrons. The minimum atomic E-state index is -0.409. The van der Waals surface area contributed by atoms with Crippen molar-refractivity contribution in [3.63, 3.8) is 0 Å². The van der Waals surface area contributed by atoms with Gasteiger partial charge < -0.3 is 10.5 Å². The number of carbonyl (C=O) groups excluding carboxylic acids is 1. The molecule has 0 bridgehead atoms. The Morgan fingerprint density at radius 2 is 1.91 bits per heavy atom. The quantitative estimate of drug-likeness (QED) is 0.822. The number of rotatable bonds is 2. The summed E-state index contributed by atoms with van der Waals surface area (Å²) < 4.78 is 17.4. The number of esters is 1. The third-order valence-corrected chi connectivity index (χ3v) is 4.12. The van der Waals surface area contributed by atoms with Crippen molar-refractivity contribution in [1.29, 1.82) is 0 Å². The second-order valence-electron chi connectivity index (χ2n) is 6.47. The van der Waals surface area contributed by atoms with Gasteiger partial charge in [-0.1, -0.05) is 50.3 Å². The number of benzene rings is 1. The van der Waals surface area contributed by atoms with Gasteiger partial charge in [0, 0.05) is 0 Å². The fourth-order valence-electron chi connectivity index (χ4n) is 2.87. The Bertz CT molecular complexity index is 440. The monoisotopic (exact) mass is 323 g/mol. The predicted molar refractivity (Wildman–Crippen MR) is 91.5 cm³/mol. The first kappa shape index (κ1) is 19.6. The average molecular weight is 323 g/mol. The van der Waals surface area contributed by atoms with Crippen molar-refractivity contribution >= 4 is 5.97 Å². The van der Waals surface area contributed by atoms with Crippen LogP contribution in [0.1, 0.15) is 57.9 Å². The molecule has 1 saturated heterocycles. The summed E-state index contributed by atoms with van der Waals surface area (Å²) in [4.78, 5) is 11.4. The minimum absolute atomic E-state index is 0.0261. The first-order valence-corrected chi connectivity index (χ1v) is 8.60. The van der Waals surface area contributed by atoms with Gasteiger partial charge in [0.2, 0.25) is 0 Å². The molecule has 23 heavy (non-hydrogen) atoms. The summed E-state index contributed by atoms with van der Waals surface area (Å²) in [6.45, 7) is 6.10. The summed E-state index contributed by atoms with van der Waals surface area (Å²) in [5.74, 6) is 0.304. The molecule has 4 heteroatoms. The van der Waals surface area contributed by atoms with Crippen LogP contribution in [0.4, 0.5) is 4.39 Å². The number of hydrogen-bond donors (Lipinski definition) is 1. The number of aryl methyl sites for hydroxylation is 1. The van der Waals surface area contributed by atoms with Crippen LogP contribution in [-0.2, 0) is 9.53 Å². The summed E-state index contributed by atoms with van der Waals surface area (Å²) in [7, 11) is 0. The van der Waals surface area contributed by atoms with Gasteiger partial charge in [-0.3, -0.25) is 4.79 Å².